The maximum atomic E-state index is 11.2. The molecule has 0 aromatic carbocycles. The summed E-state index contributed by atoms with van der Waals surface area (Å²) >= 11 is 0. The lowest BCUT2D eigenvalue weighted by atomic mass is 10.3. The molecule has 0 unspecified atom stereocenters. The molecule has 4 nitrogen and oxygen atoms in total. The third-order valence-corrected chi connectivity index (χ3v) is 1.81. The molecule has 0 spiro atoms. The van der Waals surface area contributed by atoms with Gasteiger partial charge in [-0.25, -0.2) is 0 Å². The molecule has 1 fully saturated rings. The molecule has 0 radical (unpaired) electrons. The van der Waals surface area contributed by atoms with Gasteiger partial charge in [0.2, 0.25) is 5.91 Å². The molecule has 1 heterocycles. The number of nitrogens with zero attached hydrogens (tertiary/aromatic N) is 1. The number of hydrogen-bond acceptors (Lipinski definition) is 3. The van der Waals surface area contributed by atoms with E-state index in [9.17, 15) is 4.79 Å². The maximum absolute atomic E-state index is 11.2. The fourth-order valence-corrected chi connectivity index (χ4v) is 1.21. The molecule has 0 bridgehead atoms. The van der Waals surface area contributed by atoms with Gasteiger partial charge in [0, 0.05) is 19.2 Å². The van der Waals surface area contributed by atoms with Crippen LogP contribution in [0.1, 0.15) is 13.3 Å². The number of likely N-dealkylation sites (tertiary alicyclic amines) is 1. The van der Waals surface area contributed by atoms with Crippen molar-refractivity contribution in [2.75, 3.05) is 13.1 Å². The average molecular weight is 171 g/mol. The Kier molecular flexibility index (Phi) is 2.70. The number of carbonyl (C=O) groups excluding carboxylic acids is 1. The summed E-state index contributed by atoms with van der Waals surface area (Å²) in [6.45, 7) is 2.40. The molecule has 1 amide bonds. The standard InChI is InChI=1S/C8H13NO3/c1-6(10)4-8(12)9-3-2-7(11)5-9/h4,7,10-11H,2-3,5H2,1H3/t7-/m0/s1. The molecule has 1 aliphatic rings. The number of β-amino-alcohol motifs (C(OH)–C–C–N with tert-alkyl or cyclic N) is 1. The zero-order valence-electron chi connectivity index (χ0n) is 7.03. The largest absolute Gasteiger partial charge is 0.512 e. The SMILES string of the molecule is CC(O)=CC(=O)N1CC[C@H](O)C1. The van der Waals surface area contributed by atoms with Crippen molar-refractivity contribution in [2.45, 2.75) is 19.4 Å². The van der Waals surface area contributed by atoms with Gasteiger partial charge in [0.25, 0.3) is 0 Å². The van der Waals surface area contributed by atoms with Crippen molar-refractivity contribution < 1.29 is 15.0 Å². The van der Waals surface area contributed by atoms with Gasteiger partial charge in [-0.3, -0.25) is 4.79 Å². The Bertz CT molecular complexity index is 208. The first kappa shape index (κ1) is 9.06. The van der Waals surface area contributed by atoms with Gasteiger partial charge in [-0.2, -0.15) is 0 Å². The van der Waals surface area contributed by atoms with Gasteiger partial charge in [0.15, 0.2) is 0 Å². The van der Waals surface area contributed by atoms with Crippen LogP contribution in [0.5, 0.6) is 0 Å². The highest BCUT2D eigenvalue weighted by molar-refractivity contribution is 5.88. The van der Waals surface area contributed by atoms with Gasteiger partial charge >= 0.3 is 0 Å². The van der Waals surface area contributed by atoms with E-state index in [1.54, 1.807) is 0 Å². The minimum absolute atomic E-state index is 0.00129. The van der Waals surface area contributed by atoms with Gasteiger partial charge in [-0.05, 0) is 13.3 Å². The van der Waals surface area contributed by atoms with E-state index in [0.29, 0.717) is 19.5 Å². The lowest BCUT2D eigenvalue weighted by Gasteiger charge is -2.12. The van der Waals surface area contributed by atoms with E-state index in [0.717, 1.165) is 6.08 Å². The van der Waals surface area contributed by atoms with Crippen LogP contribution in [0.15, 0.2) is 11.8 Å². The normalized spacial score (nSPS) is 24.7. The highest BCUT2D eigenvalue weighted by Crippen LogP contribution is 2.09. The number of aliphatic hydroxyl groups excluding tert-OH is 2. The minimum atomic E-state index is -0.402. The minimum Gasteiger partial charge on any atom is -0.512 e. The quantitative estimate of drug-likeness (QED) is 0.432. The molecular weight excluding hydrogens is 158 g/mol. The molecule has 12 heavy (non-hydrogen) atoms. The number of amides is 1. The summed E-state index contributed by atoms with van der Waals surface area (Å²) in [6.07, 6.45) is 1.39. The first-order valence-corrected chi connectivity index (χ1v) is 3.94. The van der Waals surface area contributed by atoms with E-state index in [4.69, 9.17) is 10.2 Å². The first-order valence-electron chi connectivity index (χ1n) is 3.94. The van der Waals surface area contributed by atoms with E-state index >= 15 is 0 Å². The Morgan fingerprint density at radius 1 is 1.67 bits per heavy atom. The molecule has 0 aromatic heterocycles. The third kappa shape index (κ3) is 2.23. The number of carbonyl (C=O) groups is 1. The van der Waals surface area contributed by atoms with E-state index in [-0.39, 0.29) is 11.7 Å². The molecule has 1 aliphatic heterocycles. The van der Waals surface area contributed by atoms with E-state index in [1.807, 2.05) is 0 Å². The summed E-state index contributed by atoms with van der Waals surface area (Å²) in [7, 11) is 0. The van der Waals surface area contributed by atoms with Gasteiger partial charge in [-0.15, -0.1) is 0 Å². The predicted molar refractivity (Wildman–Crippen MR) is 43.6 cm³/mol. The Balaban J connectivity index is 2.49. The number of hydrogen-bond donors (Lipinski definition) is 2. The van der Waals surface area contributed by atoms with Crippen LogP contribution in [0.4, 0.5) is 0 Å². The predicted octanol–water partition coefficient (Wildman–Crippen LogP) is 0.0414. The molecular formula is C8H13NO3. The van der Waals surface area contributed by atoms with E-state index in [2.05, 4.69) is 0 Å². The van der Waals surface area contributed by atoms with Gasteiger partial charge in [-0.1, -0.05) is 0 Å². The van der Waals surface area contributed by atoms with Crippen molar-refractivity contribution in [1.29, 1.82) is 0 Å². The highest BCUT2D eigenvalue weighted by Gasteiger charge is 2.22. The second-order valence-electron chi connectivity index (χ2n) is 3.01. The molecule has 1 rings (SSSR count). The number of allylic oxidation sites excluding steroid dienone is 1. The lowest BCUT2D eigenvalue weighted by Crippen LogP contribution is -2.28. The van der Waals surface area contributed by atoms with Crippen LogP contribution in [-0.4, -0.2) is 40.2 Å². The molecule has 1 atom stereocenters. The summed E-state index contributed by atoms with van der Waals surface area (Å²) in [5.74, 6) is -0.229. The zero-order chi connectivity index (χ0) is 9.14. The Morgan fingerprint density at radius 2 is 2.33 bits per heavy atom. The van der Waals surface area contributed by atoms with E-state index in [1.165, 1.54) is 11.8 Å². The Labute approximate surface area is 71.1 Å². The molecule has 0 aliphatic carbocycles. The van der Waals surface area contributed by atoms with Crippen molar-refractivity contribution in [3.8, 4) is 0 Å². The second kappa shape index (κ2) is 3.58. The average Bonchev–Trinajstić information content (AvgIpc) is 2.34. The summed E-state index contributed by atoms with van der Waals surface area (Å²) in [4.78, 5) is 12.7. The van der Waals surface area contributed by atoms with Crippen molar-refractivity contribution in [3.63, 3.8) is 0 Å². The summed E-state index contributed by atoms with van der Waals surface area (Å²) < 4.78 is 0. The maximum Gasteiger partial charge on any atom is 0.249 e. The van der Waals surface area contributed by atoms with Crippen LogP contribution in [0.3, 0.4) is 0 Å². The summed E-state index contributed by atoms with van der Waals surface area (Å²) in [5.41, 5.74) is 0. The highest BCUT2D eigenvalue weighted by atomic mass is 16.3. The van der Waals surface area contributed by atoms with Crippen molar-refractivity contribution >= 4 is 5.91 Å². The number of rotatable bonds is 1. The molecule has 2 N–H and O–H groups in total. The van der Waals surface area contributed by atoms with Crippen molar-refractivity contribution in [1.82, 2.24) is 4.90 Å². The zero-order valence-corrected chi connectivity index (χ0v) is 7.03. The van der Waals surface area contributed by atoms with Crippen molar-refractivity contribution in [2.24, 2.45) is 0 Å². The summed E-state index contributed by atoms with van der Waals surface area (Å²) in [6, 6.07) is 0. The third-order valence-electron chi connectivity index (χ3n) is 1.81. The molecule has 68 valence electrons. The fraction of sp³-hybridized carbons (Fsp3) is 0.625. The van der Waals surface area contributed by atoms with Gasteiger partial charge in [0.1, 0.15) is 0 Å². The van der Waals surface area contributed by atoms with Gasteiger partial charge < -0.3 is 15.1 Å². The van der Waals surface area contributed by atoms with Crippen LogP contribution >= 0.6 is 0 Å². The topological polar surface area (TPSA) is 60.8 Å². The van der Waals surface area contributed by atoms with Gasteiger partial charge in [0.05, 0.1) is 11.9 Å². The number of aliphatic hydroxyl groups is 2. The summed E-state index contributed by atoms with van der Waals surface area (Å²) in [5, 5.41) is 17.9. The molecule has 4 heteroatoms. The molecule has 0 aromatic rings. The van der Waals surface area contributed by atoms with Crippen LogP contribution in [0, 0.1) is 0 Å². The van der Waals surface area contributed by atoms with Crippen LogP contribution in [-0.2, 0) is 4.79 Å². The van der Waals surface area contributed by atoms with E-state index < -0.39 is 6.10 Å². The molecule has 1 saturated heterocycles. The molecule has 0 saturated carbocycles. The lowest BCUT2D eigenvalue weighted by molar-refractivity contribution is -0.125. The second-order valence-corrected chi connectivity index (χ2v) is 3.01. The Hall–Kier alpha value is -1.03. The van der Waals surface area contributed by atoms with Crippen LogP contribution < -0.4 is 0 Å². The Morgan fingerprint density at radius 3 is 2.75 bits per heavy atom. The smallest absolute Gasteiger partial charge is 0.249 e. The van der Waals surface area contributed by atoms with Crippen LogP contribution in [0.2, 0.25) is 0 Å². The van der Waals surface area contributed by atoms with Crippen molar-refractivity contribution in [3.05, 3.63) is 11.8 Å². The monoisotopic (exact) mass is 171 g/mol. The fourth-order valence-electron chi connectivity index (χ4n) is 1.21. The van der Waals surface area contributed by atoms with Crippen LogP contribution in [0.25, 0.3) is 0 Å². The first-order chi connectivity index (χ1) is 5.59.